The third-order valence-electron chi connectivity index (χ3n) is 5.91. The monoisotopic (exact) mass is 488 g/mol. The number of hydrogen-bond donors (Lipinski definition) is 2. The maximum atomic E-state index is 10.6. The maximum Gasteiger partial charge on any atom is 0.506 e. The Morgan fingerprint density at radius 1 is 1.17 bits per heavy atom. The lowest BCUT2D eigenvalue weighted by Gasteiger charge is -2.37. The van der Waals surface area contributed by atoms with Crippen LogP contribution in [0.3, 0.4) is 0 Å². The molecule has 36 heavy (non-hydrogen) atoms. The average molecular weight is 489 g/mol. The maximum absolute atomic E-state index is 10.6. The number of benzene rings is 2. The summed E-state index contributed by atoms with van der Waals surface area (Å²) in [6, 6.07) is 17.9. The van der Waals surface area contributed by atoms with E-state index in [4.69, 9.17) is 14.4 Å². The zero-order chi connectivity index (χ0) is 25.1. The number of para-hydroxylation sites is 1. The van der Waals surface area contributed by atoms with Crippen molar-refractivity contribution in [3.05, 3.63) is 66.4 Å². The molecule has 0 amide bonds. The van der Waals surface area contributed by atoms with Gasteiger partial charge in [-0.1, -0.05) is 61.5 Å². The molecular formula is C26H28N6O4. The molecule has 0 spiro atoms. The van der Waals surface area contributed by atoms with Crippen molar-refractivity contribution in [2.24, 2.45) is 5.92 Å². The van der Waals surface area contributed by atoms with E-state index in [0.29, 0.717) is 30.7 Å². The molecule has 5 rings (SSSR count). The number of carbonyl (C=O) groups is 1. The fourth-order valence-corrected chi connectivity index (χ4v) is 4.08. The van der Waals surface area contributed by atoms with Crippen LogP contribution in [0.2, 0.25) is 0 Å². The normalized spacial score (nSPS) is 14.1. The lowest BCUT2D eigenvalue weighted by Crippen LogP contribution is -2.52. The van der Waals surface area contributed by atoms with Gasteiger partial charge in [-0.3, -0.25) is 4.90 Å². The van der Waals surface area contributed by atoms with Gasteiger partial charge in [0, 0.05) is 31.7 Å². The van der Waals surface area contributed by atoms with Gasteiger partial charge in [0.25, 0.3) is 5.89 Å². The molecule has 2 N–H and O–H groups in total. The smallest absolute Gasteiger partial charge is 0.450 e. The second kappa shape index (κ2) is 10.2. The van der Waals surface area contributed by atoms with Gasteiger partial charge < -0.3 is 19.7 Å². The molecule has 10 heteroatoms. The van der Waals surface area contributed by atoms with E-state index in [1.165, 1.54) is 0 Å². The quantitative estimate of drug-likeness (QED) is 0.327. The summed E-state index contributed by atoms with van der Waals surface area (Å²) in [5.74, 6) is 2.14. The van der Waals surface area contributed by atoms with Crippen LogP contribution in [0.25, 0.3) is 28.5 Å². The summed E-state index contributed by atoms with van der Waals surface area (Å²) in [5, 5.41) is 21.0. The predicted octanol–water partition coefficient (Wildman–Crippen LogP) is 4.54. The molecule has 2 aromatic carbocycles. The Morgan fingerprint density at radius 3 is 2.61 bits per heavy atom. The summed E-state index contributed by atoms with van der Waals surface area (Å²) < 4.78 is 12.3. The number of carboxylic acid groups (broad SMARTS) is 1. The van der Waals surface area contributed by atoms with Gasteiger partial charge in [0.1, 0.15) is 17.5 Å². The Balaban J connectivity index is 1.31. The second-order valence-corrected chi connectivity index (χ2v) is 9.25. The van der Waals surface area contributed by atoms with E-state index in [1.54, 1.807) is 6.20 Å². The Morgan fingerprint density at radius 2 is 1.92 bits per heavy atom. The minimum atomic E-state index is -1.22. The van der Waals surface area contributed by atoms with Crippen LogP contribution in [-0.2, 0) is 11.3 Å². The predicted molar refractivity (Wildman–Crippen MR) is 134 cm³/mol. The zero-order valence-corrected chi connectivity index (χ0v) is 20.2. The van der Waals surface area contributed by atoms with Gasteiger partial charge in [-0.05, 0) is 23.6 Å². The van der Waals surface area contributed by atoms with Crippen LogP contribution in [0.5, 0.6) is 0 Å². The molecule has 0 saturated carbocycles. The second-order valence-electron chi connectivity index (χ2n) is 9.25. The molecule has 1 saturated heterocycles. The van der Waals surface area contributed by atoms with Gasteiger partial charge in [-0.2, -0.15) is 10.1 Å². The van der Waals surface area contributed by atoms with Crippen molar-refractivity contribution in [1.82, 2.24) is 24.8 Å². The van der Waals surface area contributed by atoms with Crippen molar-refractivity contribution in [3.8, 4) is 28.5 Å². The first-order chi connectivity index (χ1) is 17.5. The molecule has 1 aliphatic heterocycles. The molecule has 2 aromatic heterocycles. The SMILES string of the molecule is CC(C)CNc1c(-c2nc(-c3ccc(CN4CC(OC(=O)O)C4)cc3)no2)cnn1-c1ccccc1. The lowest BCUT2D eigenvalue weighted by atomic mass is 10.1. The third kappa shape index (κ3) is 5.23. The van der Waals surface area contributed by atoms with Crippen LogP contribution in [0.15, 0.2) is 65.3 Å². The van der Waals surface area contributed by atoms with E-state index < -0.39 is 6.16 Å². The van der Waals surface area contributed by atoms with Crippen LogP contribution >= 0.6 is 0 Å². The first-order valence-electron chi connectivity index (χ1n) is 11.9. The van der Waals surface area contributed by atoms with E-state index in [-0.39, 0.29) is 6.10 Å². The fourth-order valence-electron chi connectivity index (χ4n) is 4.08. The molecule has 0 bridgehead atoms. The average Bonchev–Trinajstić information content (AvgIpc) is 3.49. The number of nitrogens with one attached hydrogen (secondary N) is 1. The summed E-state index contributed by atoms with van der Waals surface area (Å²) in [7, 11) is 0. The minimum absolute atomic E-state index is 0.245. The van der Waals surface area contributed by atoms with Crippen molar-refractivity contribution in [2.45, 2.75) is 26.5 Å². The van der Waals surface area contributed by atoms with Crippen molar-refractivity contribution in [2.75, 3.05) is 25.0 Å². The van der Waals surface area contributed by atoms with E-state index in [1.807, 2.05) is 59.3 Å². The topological polar surface area (TPSA) is 119 Å². The Labute approximate surface area is 208 Å². The molecule has 0 radical (unpaired) electrons. The third-order valence-corrected chi connectivity index (χ3v) is 5.91. The Kier molecular flexibility index (Phi) is 6.68. The summed E-state index contributed by atoms with van der Waals surface area (Å²) in [5.41, 5.74) is 3.64. The number of anilines is 1. The highest BCUT2D eigenvalue weighted by Gasteiger charge is 2.29. The lowest BCUT2D eigenvalue weighted by molar-refractivity contribution is -0.0363. The zero-order valence-electron chi connectivity index (χ0n) is 20.2. The van der Waals surface area contributed by atoms with Crippen LogP contribution < -0.4 is 5.32 Å². The molecule has 3 heterocycles. The van der Waals surface area contributed by atoms with Crippen molar-refractivity contribution in [3.63, 3.8) is 0 Å². The molecule has 0 atom stereocenters. The molecule has 186 valence electrons. The molecule has 0 unspecified atom stereocenters. The molecule has 1 aliphatic rings. The molecule has 10 nitrogen and oxygen atoms in total. The molecule has 4 aromatic rings. The van der Waals surface area contributed by atoms with Crippen LogP contribution in [0, 0.1) is 5.92 Å². The Hall–Kier alpha value is -4.18. The van der Waals surface area contributed by atoms with E-state index in [2.05, 4.69) is 39.3 Å². The van der Waals surface area contributed by atoms with Gasteiger partial charge in [0.15, 0.2) is 0 Å². The summed E-state index contributed by atoms with van der Waals surface area (Å²) >= 11 is 0. The number of hydrogen-bond acceptors (Lipinski definition) is 8. The number of aromatic nitrogens is 4. The standard InChI is InChI=1S/C26H28N6O4/c1-17(2)12-27-24-22(13-28-32(24)20-6-4-3-5-7-20)25-29-23(30-36-25)19-10-8-18(9-11-19)14-31-15-21(16-31)35-26(33)34/h3-11,13,17,21,27H,12,14-16H2,1-2H3,(H,33,34). The van der Waals surface area contributed by atoms with E-state index >= 15 is 0 Å². The van der Waals surface area contributed by atoms with Crippen LogP contribution in [0.4, 0.5) is 10.6 Å². The van der Waals surface area contributed by atoms with E-state index in [9.17, 15) is 4.79 Å². The highest BCUT2D eigenvalue weighted by molar-refractivity contribution is 5.72. The van der Waals surface area contributed by atoms with Crippen molar-refractivity contribution < 1.29 is 19.2 Å². The highest BCUT2D eigenvalue weighted by atomic mass is 16.7. The minimum Gasteiger partial charge on any atom is -0.450 e. The molecule has 0 aliphatic carbocycles. The molecular weight excluding hydrogens is 460 g/mol. The number of rotatable bonds is 9. The number of ether oxygens (including phenoxy) is 1. The summed E-state index contributed by atoms with van der Waals surface area (Å²) in [6.07, 6.45) is 0.272. The first-order valence-corrected chi connectivity index (χ1v) is 11.9. The largest absolute Gasteiger partial charge is 0.506 e. The molecule has 1 fully saturated rings. The van der Waals surface area contributed by atoms with Gasteiger partial charge >= 0.3 is 6.16 Å². The van der Waals surface area contributed by atoms with Gasteiger partial charge in [0.05, 0.1) is 11.9 Å². The van der Waals surface area contributed by atoms with Crippen molar-refractivity contribution >= 4 is 12.0 Å². The first kappa shape index (κ1) is 23.6. The van der Waals surface area contributed by atoms with Gasteiger partial charge in [-0.25, -0.2) is 9.48 Å². The van der Waals surface area contributed by atoms with Crippen LogP contribution in [0.1, 0.15) is 19.4 Å². The van der Waals surface area contributed by atoms with Gasteiger partial charge in [0.2, 0.25) is 5.82 Å². The number of likely N-dealkylation sites (tertiary alicyclic amines) is 1. The van der Waals surface area contributed by atoms with Gasteiger partial charge in [-0.15, -0.1) is 0 Å². The summed E-state index contributed by atoms with van der Waals surface area (Å²) in [6.45, 7) is 7.00. The Bertz CT molecular complexity index is 1310. The van der Waals surface area contributed by atoms with E-state index in [0.717, 1.165) is 41.3 Å². The number of nitrogens with zero attached hydrogens (tertiary/aromatic N) is 5. The summed E-state index contributed by atoms with van der Waals surface area (Å²) in [4.78, 5) is 17.4. The highest BCUT2D eigenvalue weighted by Crippen LogP contribution is 2.31. The van der Waals surface area contributed by atoms with Crippen LogP contribution in [-0.4, -0.2) is 61.8 Å². The fraction of sp³-hybridized carbons (Fsp3) is 0.308. The van der Waals surface area contributed by atoms with Crippen molar-refractivity contribution in [1.29, 1.82) is 0 Å².